The number of benzene rings is 2. The summed E-state index contributed by atoms with van der Waals surface area (Å²) in [6.07, 6.45) is -3.31. The summed E-state index contributed by atoms with van der Waals surface area (Å²) in [7, 11) is -4.19. The summed E-state index contributed by atoms with van der Waals surface area (Å²) in [6, 6.07) is 7.23. The van der Waals surface area contributed by atoms with Gasteiger partial charge in [0.25, 0.3) is 0 Å². The lowest BCUT2D eigenvalue weighted by Gasteiger charge is -2.32. The fourth-order valence-corrected chi connectivity index (χ4v) is 4.64. The number of alkyl halides is 3. The molecule has 0 saturated heterocycles. The number of rotatable bonds is 10. The fourth-order valence-electron chi connectivity index (χ4n) is 3.28. The number of amides is 2. The van der Waals surface area contributed by atoms with Gasteiger partial charge in [0.1, 0.15) is 12.6 Å². The van der Waals surface area contributed by atoms with Crippen LogP contribution < -0.4 is 9.62 Å². The van der Waals surface area contributed by atoms with Gasteiger partial charge in [-0.05, 0) is 43.7 Å². The molecule has 0 heterocycles. The third-order valence-electron chi connectivity index (χ3n) is 5.25. The highest BCUT2D eigenvalue weighted by Gasteiger charge is 2.34. The lowest BCUT2D eigenvalue weighted by molar-refractivity contribution is -0.139. The first-order valence-corrected chi connectivity index (χ1v) is 13.4. The molecule has 0 aliphatic heterocycles. The van der Waals surface area contributed by atoms with Crippen LogP contribution in [0.5, 0.6) is 0 Å². The monoisotopic (exact) mass is 567 g/mol. The second-order valence-electron chi connectivity index (χ2n) is 8.01. The van der Waals surface area contributed by atoms with Gasteiger partial charge in [0.15, 0.2) is 0 Å². The Labute approximate surface area is 218 Å². The molecule has 2 amide bonds. The number of carbonyl (C=O) groups excluding carboxylic acids is 2. The predicted octanol–water partition coefficient (Wildman–Crippen LogP) is 4.72. The van der Waals surface area contributed by atoms with Gasteiger partial charge in [0, 0.05) is 28.7 Å². The van der Waals surface area contributed by atoms with Crippen LogP contribution in [0.15, 0.2) is 42.5 Å². The molecule has 0 aliphatic carbocycles. The van der Waals surface area contributed by atoms with Crippen molar-refractivity contribution >= 4 is 50.7 Å². The van der Waals surface area contributed by atoms with Crippen molar-refractivity contribution in [2.45, 2.75) is 39.0 Å². The van der Waals surface area contributed by atoms with E-state index in [1.54, 1.807) is 18.2 Å². The molecule has 1 atom stereocenters. The Kier molecular flexibility index (Phi) is 10.0. The molecule has 2 aromatic carbocycles. The molecule has 2 rings (SSSR count). The van der Waals surface area contributed by atoms with Gasteiger partial charge in [-0.25, -0.2) is 8.42 Å². The van der Waals surface area contributed by atoms with E-state index in [0.717, 1.165) is 29.4 Å². The van der Waals surface area contributed by atoms with Crippen molar-refractivity contribution in [1.29, 1.82) is 0 Å². The first-order chi connectivity index (χ1) is 16.7. The molecule has 2 aromatic rings. The summed E-state index contributed by atoms with van der Waals surface area (Å²) in [5.41, 5.74) is -1.10. The third-order valence-corrected chi connectivity index (χ3v) is 7.10. The number of halogens is 5. The number of nitrogens with zero attached hydrogens (tertiary/aromatic N) is 2. The second-order valence-corrected chi connectivity index (χ2v) is 10.7. The Morgan fingerprint density at radius 3 is 2.19 bits per heavy atom. The molecule has 0 aliphatic rings. The zero-order chi connectivity index (χ0) is 27.3. The van der Waals surface area contributed by atoms with Crippen molar-refractivity contribution in [3.8, 4) is 0 Å². The van der Waals surface area contributed by atoms with Crippen molar-refractivity contribution in [2.75, 3.05) is 23.7 Å². The molecule has 0 saturated carbocycles. The maximum Gasteiger partial charge on any atom is 0.416 e. The molecule has 0 bridgehead atoms. The van der Waals surface area contributed by atoms with Gasteiger partial charge < -0.3 is 10.2 Å². The number of carbonyl (C=O) groups is 2. The molecule has 0 radical (unpaired) electrons. The molecule has 0 fully saturated rings. The molecule has 0 unspecified atom stereocenters. The highest BCUT2D eigenvalue weighted by Crippen LogP contribution is 2.32. The van der Waals surface area contributed by atoms with Crippen molar-refractivity contribution in [1.82, 2.24) is 10.2 Å². The molecular formula is C23H26Cl2F3N3O4S. The van der Waals surface area contributed by atoms with Crippen LogP contribution in [0.1, 0.15) is 31.4 Å². The standard InChI is InChI=1S/C23H26Cl2F3N3O4S/c1-4-11-29-22(33)15(2)30(13-18-19(24)9-6-10-20(18)25)21(32)14-31(36(3,34)35)17-8-5-7-16(12-17)23(26,27)28/h5-10,12,15H,4,11,13-14H2,1-3H3,(H,29,33)/t15-/m0/s1. The largest absolute Gasteiger partial charge is 0.416 e. The Morgan fingerprint density at radius 2 is 1.67 bits per heavy atom. The van der Waals surface area contributed by atoms with E-state index < -0.39 is 46.2 Å². The summed E-state index contributed by atoms with van der Waals surface area (Å²) in [4.78, 5) is 27.2. The van der Waals surface area contributed by atoms with Crippen LogP contribution >= 0.6 is 23.2 Å². The van der Waals surface area contributed by atoms with Crippen LogP contribution in [0.3, 0.4) is 0 Å². The number of nitrogens with one attached hydrogen (secondary N) is 1. The number of sulfonamides is 1. The highest BCUT2D eigenvalue weighted by molar-refractivity contribution is 7.92. The van der Waals surface area contributed by atoms with Gasteiger partial charge in [-0.3, -0.25) is 13.9 Å². The third kappa shape index (κ3) is 7.75. The van der Waals surface area contributed by atoms with Crippen molar-refractivity contribution in [3.63, 3.8) is 0 Å². The number of anilines is 1. The van der Waals surface area contributed by atoms with Crippen molar-refractivity contribution < 1.29 is 31.2 Å². The minimum atomic E-state index is -4.72. The predicted molar refractivity (Wildman–Crippen MR) is 133 cm³/mol. The normalized spacial score (nSPS) is 12.7. The van der Waals surface area contributed by atoms with Crippen LogP contribution in [0.25, 0.3) is 0 Å². The molecule has 0 spiro atoms. The van der Waals surface area contributed by atoms with Crippen LogP contribution in [-0.4, -0.2) is 50.5 Å². The maximum absolute atomic E-state index is 13.4. The molecular weight excluding hydrogens is 542 g/mol. The van der Waals surface area contributed by atoms with Gasteiger partial charge in [-0.15, -0.1) is 0 Å². The van der Waals surface area contributed by atoms with E-state index in [1.807, 2.05) is 6.92 Å². The summed E-state index contributed by atoms with van der Waals surface area (Å²) >= 11 is 12.5. The zero-order valence-electron chi connectivity index (χ0n) is 19.8. The van der Waals surface area contributed by atoms with E-state index in [-0.39, 0.29) is 22.3 Å². The number of hydrogen-bond acceptors (Lipinski definition) is 4. The molecule has 198 valence electrons. The Bertz CT molecular complexity index is 1190. The first kappa shape index (κ1) is 29.7. The summed E-state index contributed by atoms with van der Waals surface area (Å²) in [5, 5.41) is 3.11. The van der Waals surface area contributed by atoms with Crippen LogP contribution in [0.4, 0.5) is 18.9 Å². The van der Waals surface area contributed by atoms with Crippen molar-refractivity contribution in [3.05, 3.63) is 63.6 Å². The maximum atomic E-state index is 13.4. The van der Waals surface area contributed by atoms with Gasteiger partial charge in [0.2, 0.25) is 21.8 Å². The molecule has 0 aromatic heterocycles. The van der Waals surface area contributed by atoms with Gasteiger partial charge in [-0.2, -0.15) is 13.2 Å². The molecule has 36 heavy (non-hydrogen) atoms. The smallest absolute Gasteiger partial charge is 0.354 e. The number of hydrogen-bond donors (Lipinski definition) is 1. The summed E-state index contributed by atoms with van der Waals surface area (Å²) < 4.78 is 65.2. The Hall–Kier alpha value is -2.50. The quantitative estimate of drug-likeness (QED) is 0.450. The van der Waals surface area contributed by atoms with E-state index in [2.05, 4.69) is 5.32 Å². The highest BCUT2D eigenvalue weighted by atomic mass is 35.5. The fraction of sp³-hybridized carbons (Fsp3) is 0.391. The van der Waals surface area contributed by atoms with Crippen molar-refractivity contribution in [2.24, 2.45) is 0 Å². The summed E-state index contributed by atoms with van der Waals surface area (Å²) in [5.74, 6) is -1.34. The van der Waals surface area contributed by atoms with E-state index >= 15 is 0 Å². The molecule has 1 N–H and O–H groups in total. The SMILES string of the molecule is CCCNC(=O)[C@H](C)N(Cc1c(Cl)cccc1Cl)C(=O)CN(c1cccc(C(F)(F)F)c1)S(C)(=O)=O. The van der Waals surface area contributed by atoms with Crippen LogP contribution in [0, 0.1) is 0 Å². The molecule has 13 heteroatoms. The van der Waals surface area contributed by atoms with Gasteiger partial charge >= 0.3 is 6.18 Å². The average molecular weight is 568 g/mol. The minimum absolute atomic E-state index is 0.222. The topological polar surface area (TPSA) is 86.8 Å². The first-order valence-electron chi connectivity index (χ1n) is 10.8. The second kappa shape index (κ2) is 12.2. The average Bonchev–Trinajstić information content (AvgIpc) is 2.79. The zero-order valence-corrected chi connectivity index (χ0v) is 22.1. The lowest BCUT2D eigenvalue weighted by atomic mass is 10.1. The van der Waals surface area contributed by atoms with Gasteiger partial charge in [0.05, 0.1) is 17.5 Å². The van der Waals surface area contributed by atoms with E-state index in [0.29, 0.717) is 28.9 Å². The minimum Gasteiger partial charge on any atom is -0.354 e. The van der Waals surface area contributed by atoms with Crippen LogP contribution in [-0.2, 0) is 32.3 Å². The van der Waals surface area contributed by atoms with E-state index in [4.69, 9.17) is 23.2 Å². The van der Waals surface area contributed by atoms with Gasteiger partial charge in [-0.1, -0.05) is 42.3 Å². The summed E-state index contributed by atoms with van der Waals surface area (Å²) in [6.45, 7) is 2.54. The van der Waals surface area contributed by atoms with E-state index in [9.17, 15) is 31.2 Å². The van der Waals surface area contributed by atoms with Crippen LogP contribution in [0.2, 0.25) is 10.0 Å². The Balaban J connectivity index is 2.48. The lowest BCUT2D eigenvalue weighted by Crippen LogP contribution is -2.51. The Morgan fingerprint density at radius 1 is 1.08 bits per heavy atom. The molecule has 7 nitrogen and oxygen atoms in total. The van der Waals surface area contributed by atoms with E-state index in [1.165, 1.54) is 6.92 Å².